The second kappa shape index (κ2) is 4.28. The van der Waals surface area contributed by atoms with Crippen molar-refractivity contribution in [1.29, 1.82) is 0 Å². The molecule has 0 aliphatic rings. The van der Waals surface area contributed by atoms with Gasteiger partial charge < -0.3 is 10.3 Å². The summed E-state index contributed by atoms with van der Waals surface area (Å²) in [6, 6.07) is 17.2. The number of fused-ring (bicyclic) bond motifs is 1. The van der Waals surface area contributed by atoms with E-state index >= 15 is 0 Å². The third kappa shape index (κ3) is 1.89. The molecule has 3 heteroatoms. The van der Waals surface area contributed by atoms with E-state index in [4.69, 9.17) is 5.73 Å². The zero-order valence-corrected chi connectivity index (χ0v) is 10.6. The largest absolute Gasteiger partial charge is 0.399 e. The molecular weight excluding hydrogens is 236 g/mol. The van der Waals surface area contributed by atoms with E-state index in [0.717, 1.165) is 27.7 Å². The predicted molar refractivity (Wildman–Crippen MR) is 79.0 cm³/mol. The van der Waals surface area contributed by atoms with Gasteiger partial charge in [0.25, 0.3) is 5.56 Å². The van der Waals surface area contributed by atoms with Crippen molar-refractivity contribution in [2.24, 2.45) is 7.05 Å². The molecule has 0 radical (unpaired) electrons. The van der Waals surface area contributed by atoms with Crippen molar-refractivity contribution in [2.75, 3.05) is 5.73 Å². The smallest absolute Gasteiger partial charge is 0.258 e. The molecule has 94 valence electrons. The molecule has 3 nitrogen and oxygen atoms in total. The molecule has 0 unspecified atom stereocenters. The number of aromatic nitrogens is 1. The molecule has 0 fully saturated rings. The Balaban J connectivity index is 2.33. The van der Waals surface area contributed by atoms with E-state index < -0.39 is 0 Å². The van der Waals surface area contributed by atoms with Crippen LogP contribution in [0.2, 0.25) is 0 Å². The fourth-order valence-electron chi connectivity index (χ4n) is 2.28. The number of nitrogens with two attached hydrogens (primary N) is 1. The molecule has 1 aromatic heterocycles. The molecule has 0 amide bonds. The Labute approximate surface area is 110 Å². The third-order valence-corrected chi connectivity index (χ3v) is 3.36. The highest BCUT2D eigenvalue weighted by molar-refractivity contribution is 5.85. The maximum atomic E-state index is 12.3. The summed E-state index contributed by atoms with van der Waals surface area (Å²) < 4.78 is 1.67. The van der Waals surface area contributed by atoms with Crippen LogP contribution in [0.4, 0.5) is 5.69 Å². The van der Waals surface area contributed by atoms with E-state index in [-0.39, 0.29) is 5.56 Å². The lowest BCUT2D eigenvalue weighted by Gasteiger charge is -2.10. The quantitative estimate of drug-likeness (QED) is 0.675. The van der Waals surface area contributed by atoms with Crippen LogP contribution >= 0.6 is 0 Å². The van der Waals surface area contributed by atoms with Gasteiger partial charge in [0.05, 0.1) is 5.69 Å². The number of nitrogens with zero attached hydrogens (tertiary/aromatic N) is 1. The van der Waals surface area contributed by atoms with Crippen LogP contribution in [0.5, 0.6) is 0 Å². The first-order valence-electron chi connectivity index (χ1n) is 6.11. The summed E-state index contributed by atoms with van der Waals surface area (Å²) in [4.78, 5) is 12.3. The van der Waals surface area contributed by atoms with E-state index in [2.05, 4.69) is 0 Å². The van der Waals surface area contributed by atoms with Gasteiger partial charge in [0.15, 0.2) is 0 Å². The van der Waals surface area contributed by atoms with Crippen molar-refractivity contribution >= 4 is 16.5 Å². The average molecular weight is 250 g/mol. The number of hydrogen-bond acceptors (Lipinski definition) is 2. The standard InChI is InChI=1S/C16H14N2O/c1-18-15(11-6-8-13(17)9-7-11)10-12-4-2-3-5-14(12)16(18)19/h2-10H,17H2,1H3. The topological polar surface area (TPSA) is 48.0 Å². The van der Waals surface area contributed by atoms with Gasteiger partial charge in [0.2, 0.25) is 0 Å². The third-order valence-electron chi connectivity index (χ3n) is 3.36. The molecular formula is C16H14N2O. The molecule has 0 spiro atoms. The molecule has 0 atom stereocenters. The number of anilines is 1. The molecule has 3 aromatic rings. The number of nitrogen functional groups attached to an aromatic ring is 1. The fourth-order valence-corrected chi connectivity index (χ4v) is 2.28. The van der Waals surface area contributed by atoms with Crippen molar-refractivity contribution < 1.29 is 0 Å². The minimum Gasteiger partial charge on any atom is -0.399 e. The maximum absolute atomic E-state index is 12.3. The van der Waals surface area contributed by atoms with Crippen LogP contribution in [-0.2, 0) is 7.05 Å². The molecule has 0 saturated heterocycles. The van der Waals surface area contributed by atoms with Crippen molar-refractivity contribution in [3.8, 4) is 11.3 Å². The summed E-state index contributed by atoms with van der Waals surface area (Å²) in [5, 5.41) is 1.70. The van der Waals surface area contributed by atoms with E-state index in [1.54, 1.807) is 11.6 Å². The normalized spacial score (nSPS) is 10.8. The van der Waals surface area contributed by atoms with Crippen molar-refractivity contribution in [2.45, 2.75) is 0 Å². The highest BCUT2D eigenvalue weighted by Crippen LogP contribution is 2.22. The highest BCUT2D eigenvalue weighted by atomic mass is 16.1. The van der Waals surface area contributed by atoms with Gasteiger partial charge in [-0.25, -0.2) is 0 Å². The van der Waals surface area contributed by atoms with Gasteiger partial charge in [-0.1, -0.05) is 30.3 Å². The Morgan fingerprint density at radius 2 is 1.68 bits per heavy atom. The summed E-state index contributed by atoms with van der Waals surface area (Å²) in [5.41, 5.74) is 8.31. The summed E-state index contributed by atoms with van der Waals surface area (Å²) in [6.07, 6.45) is 0. The Hall–Kier alpha value is -2.55. The van der Waals surface area contributed by atoms with Crippen LogP contribution in [-0.4, -0.2) is 4.57 Å². The molecule has 0 bridgehead atoms. The van der Waals surface area contributed by atoms with Crippen molar-refractivity contribution in [3.63, 3.8) is 0 Å². The van der Waals surface area contributed by atoms with Crippen LogP contribution in [0, 0.1) is 0 Å². The van der Waals surface area contributed by atoms with Gasteiger partial charge in [0.1, 0.15) is 0 Å². The second-order valence-corrected chi connectivity index (χ2v) is 4.60. The molecule has 2 N–H and O–H groups in total. The molecule has 2 aromatic carbocycles. The molecule has 19 heavy (non-hydrogen) atoms. The molecule has 3 rings (SSSR count). The Bertz CT molecular complexity index is 801. The van der Waals surface area contributed by atoms with Gasteiger partial charge in [-0.15, -0.1) is 0 Å². The summed E-state index contributed by atoms with van der Waals surface area (Å²) in [5.74, 6) is 0. The zero-order valence-electron chi connectivity index (χ0n) is 10.6. The number of hydrogen-bond donors (Lipinski definition) is 1. The summed E-state index contributed by atoms with van der Waals surface area (Å²) in [7, 11) is 1.79. The number of pyridine rings is 1. The van der Waals surface area contributed by atoms with Gasteiger partial charge >= 0.3 is 0 Å². The van der Waals surface area contributed by atoms with Gasteiger partial charge in [0, 0.05) is 18.1 Å². The van der Waals surface area contributed by atoms with Gasteiger partial charge in [-0.3, -0.25) is 4.79 Å². The molecule has 1 heterocycles. The predicted octanol–water partition coefficient (Wildman–Crippen LogP) is 2.79. The molecule has 0 aliphatic heterocycles. The van der Waals surface area contributed by atoms with Gasteiger partial charge in [-0.2, -0.15) is 0 Å². The van der Waals surface area contributed by atoms with Crippen LogP contribution in [0.25, 0.3) is 22.0 Å². The highest BCUT2D eigenvalue weighted by Gasteiger charge is 2.07. The Morgan fingerprint density at radius 3 is 2.42 bits per heavy atom. The first kappa shape index (κ1) is 11.5. The molecule has 0 saturated carbocycles. The van der Waals surface area contributed by atoms with Crippen molar-refractivity contribution in [1.82, 2.24) is 4.57 Å². The first-order chi connectivity index (χ1) is 9.16. The molecule has 0 aliphatic carbocycles. The Morgan fingerprint density at radius 1 is 1.00 bits per heavy atom. The average Bonchev–Trinajstić information content (AvgIpc) is 2.44. The summed E-state index contributed by atoms with van der Waals surface area (Å²) >= 11 is 0. The minimum atomic E-state index is 0.0184. The lowest BCUT2D eigenvalue weighted by Crippen LogP contribution is -2.18. The second-order valence-electron chi connectivity index (χ2n) is 4.60. The number of rotatable bonds is 1. The summed E-state index contributed by atoms with van der Waals surface area (Å²) in [6.45, 7) is 0. The lowest BCUT2D eigenvalue weighted by atomic mass is 10.1. The van der Waals surface area contributed by atoms with Gasteiger partial charge in [-0.05, 0) is 35.2 Å². The van der Waals surface area contributed by atoms with E-state index in [1.165, 1.54) is 0 Å². The van der Waals surface area contributed by atoms with Crippen molar-refractivity contribution in [3.05, 3.63) is 65.0 Å². The van der Waals surface area contributed by atoms with E-state index in [9.17, 15) is 4.79 Å². The van der Waals surface area contributed by atoms with Crippen LogP contribution in [0.15, 0.2) is 59.4 Å². The van der Waals surface area contributed by atoms with Crippen LogP contribution < -0.4 is 11.3 Å². The lowest BCUT2D eigenvalue weighted by molar-refractivity contribution is 0.883. The van der Waals surface area contributed by atoms with Crippen LogP contribution in [0.3, 0.4) is 0 Å². The maximum Gasteiger partial charge on any atom is 0.258 e. The number of benzene rings is 2. The first-order valence-corrected chi connectivity index (χ1v) is 6.11. The van der Waals surface area contributed by atoms with E-state index in [1.807, 2.05) is 54.6 Å². The Kier molecular flexibility index (Phi) is 2.60. The van der Waals surface area contributed by atoms with E-state index in [0.29, 0.717) is 0 Å². The van der Waals surface area contributed by atoms with Crippen LogP contribution in [0.1, 0.15) is 0 Å². The monoisotopic (exact) mass is 250 g/mol. The zero-order chi connectivity index (χ0) is 13.4. The minimum absolute atomic E-state index is 0.0184. The fraction of sp³-hybridized carbons (Fsp3) is 0.0625. The SMILES string of the molecule is Cn1c(-c2ccc(N)cc2)cc2ccccc2c1=O.